The lowest BCUT2D eigenvalue weighted by Crippen LogP contribution is -2.02. The minimum atomic E-state index is -3.31. The highest BCUT2D eigenvalue weighted by Gasteiger charge is 2.18. The lowest BCUT2D eigenvalue weighted by molar-refractivity contribution is 0.602. The third-order valence-corrected chi connectivity index (χ3v) is 7.96. The van der Waals surface area contributed by atoms with Gasteiger partial charge in [-0.1, -0.05) is 72.3 Å². The monoisotopic (exact) mass is 484 g/mol. The van der Waals surface area contributed by atoms with Crippen LogP contribution in [0.15, 0.2) is 95.3 Å². The van der Waals surface area contributed by atoms with Crippen LogP contribution in [0.4, 0.5) is 5.82 Å². The fraction of sp³-hybridized carbons (Fsp3) is 0.107. The SMILES string of the molecule is Cc1ccc(-c2csc3c(-c4cccc(S(C)(=O)=O)c4)cnc(NCc4ccccc4)c23)cc1. The van der Waals surface area contributed by atoms with E-state index in [1.807, 2.05) is 30.5 Å². The second-order valence-corrected chi connectivity index (χ2v) is 11.3. The maximum Gasteiger partial charge on any atom is 0.175 e. The molecule has 5 rings (SSSR count). The van der Waals surface area contributed by atoms with Gasteiger partial charge in [-0.3, -0.25) is 0 Å². The zero-order chi connectivity index (χ0) is 23.7. The number of pyridine rings is 1. The molecule has 4 nitrogen and oxygen atoms in total. The van der Waals surface area contributed by atoms with Gasteiger partial charge in [-0.15, -0.1) is 11.3 Å². The van der Waals surface area contributed by atoms with E-state index in [1.54, 1.807) is 29.5 Å². The summed E-state index contributed by atoms with van der Waals surface area (Å²) in [5, 5.41) is 6.74. The molecular weight excluding hydrogens is 460 g/mol. The number of rotatable bonds is 6. The van der Waals surface area contributed by atoms with Crippen molar-refractivity contribution in [3.05, 3.63) is 102 Å². The van der Waals surface area contributed by atoms with Crippen molar-refractivity contribution >= 4 is 37.1 Å². The minimum absolute atomic E-state index is 0.305. The predicted octanol–water partition coefficient (Wildman–Crippen LogP) is 6.95. The molecular formula is C28H24N2O2S2. The molecule has 34 heavy (non-hydrogen) atoms. The Morgan fingerprint density at radius 3 is 2.38 bits per heavy atom. The number of aromatic nitrogens is 1. The standard InChI is InChI=1S/C28H24N2O2S2/c1-19-11-13-21(14-12-19)25-18-33-27-24(22-9-6-10-23(15-22)34(2,31)32)17-30-28(26(25)27)29-16-20-7-4-3-5-8-20/h3-15,17-18H,16H2,1-2H3,(H,29,30). The van der Waals surface area contributed by atoms with Gasteiger partial charge in [0.2, 0.25) is 0 Å². The Morgan fingerprint density at radius 1 is 0.882 bits per heavy atom. The molecule has 0 bridgehead atoms. The number of hydrogen-bond acceptors (Lipinski definition) is 5. The molecule has 0 aliphatic heterocycles. The van der Waals surface area contributed by atoms with Gasteiger partial charge in [0.05, 0.1) is 4.90 Å². The molecule has 170 valence electrons. The van der Waals surface area contributed by atoms with Crippen molar-refractivity contribution in [1.29, 1.82) is 0 Å². The Balaban J connectivity index is 1.67. The van der Waals surface area contributed by atoms with E-state index in [-0.39, 0.29) is 0 Å². The zero-order valence-electron chi connectivity index (χ0n) is 18.9. The Labute approximate surface area is 203 Å². The van der Waals surface area contributed by atoms with Crippen LogP contribution in [-0.4, -0.2) is 19.7 Å². The molecule has 0 atom stereocenters. The second-order valence-electron chi connectivity index (χ2n) is 8.38. The molecule has 5 aromatic rings. The van der Waals surface area contributed by atoms with E-state index in [1.165, 1.54) is 17.4 Å². The fourth-order valence-electron chi connectivity index (χ4n) is 4.00. The van der Waals surface area contributed by atoms with Crippen LogP contribution in [0.5, 0.6) is 0 Å². The van der Waals surface area contributed by atoms with E-state index in [0.717, 1.165) is 38.2 Å². The minimum Gasteiger partial charge on any atom is -0.365 e. The van der Waals surface area contributed by atoms with Crippen LogP contribution in [0.25, 0.3) is 32.3 Å². The molecule has 1 N–H and O–H groups in total. The highest BCUT2D eigenvalue weighted by molar-refractivity contribution is 7.90. The van der Waals surface area contributed by atoms with Gasteiger partial charge in [0.1, 0.15) is 5.82 Å². The van der Waals surface area contributed by atoms with E-state index >= 15 is 0 Å². The van der Waals surface area contributed by atoms with Crippen LogP contribution in [-0.2, 0) is 16.4 Å². The molecule has 2 aromatic heterocycles. The molecule has 0 aliphatic rings. The van der Waals surface area contributed by atoms with Crippen LogP contribution in [0.1, 0.15) is 11.1 Å². The number of nitrogens with zero attached hydrogens (tertiary/aromatic N) is 1. The summed E-state index contributed by atoms with van der Waals surface area (Å²) < 4.78 is 25.4. The first kappa shape index (κ1) is 22.3. The third kappa shape index (κ3) is 4.47. The summed E-state index contributed by atoms with van der Waals surface area (Å²) in [6, 6.07) is 25.8. The summed E-state index contributed by atoms with van der Waals surface area (Å²) in [4.78, 5) is 5.12. The molecule has 0 unspecified atom stereocenters. The molecule has 0 spiro atoms. The van der Waals surface area contributed by atoms with E-state index in [2.05, 4.69) is 54.0 Å². The van der Waals surface area contributed by atoms with Crippen molar-refractivity contribution in [2.45, 2.75) is 18.4 Å². The number of nitrogens with one attached hydrogen (secondary N) is 1. The molecule has 3 aromatic carbocycles. The van der Waals surface area contributed by atoms with Gasteiger partial charge in [0.15, 0.2) is 9.84 Å². The molecule has 0 amide bonds. The first-order chi connectivity index (χ1) is 16.4. The summed E-state index contributed by atoms with van der Waals surface area (Å²) in [6.45, 7) is 2.74. The van der Waals surface area contributed by atoms with Crippen molar-refractivity contribution in [3.8, 4) is 22.3 Å². The van der Waals surface area contributed by atoms with Crippen molar-refractivity contribution in [3.63, 3.8) is 0 Å². The zero-order valence-corrected chi connectivity index (χ0v) is 20.6. The van der Waals surface area contributed by atoms with Crippen molar-refractivity contribution in [2.75, 3.05) is 11.6 Å². The molecule has 0 aliphatic carbocycles. The average Bonchev–Trinajstić information content (AvgIpc) is 3.29. The van der Waals surface area contributed by atoms with Gasteiger partial charge in [-0.25, -0.2) is 13.4 Å². The summed E-state index contributed by atoms with van der Waals surface area (Å²) >= 11 is 1.65. The van der Waals surface area contributed by atoms with Crippen molar-refractivity contribution in [1.82, 2.24) is 4.98 Å². The first-order valence-corrected chi connectivity index (χ1v) is 13.7. The Morgan fingerprint density at radius 2 is 1.65 bits per heavy atom. The quantitative estimate of drug-likeness (QED) is 0.283. The van der Waals surface area contributed by atoms with Gasteiger partial charge < -0.3 is 5.32 Å². The molecule has 0 saturated heterocycles. The highest BCUT2D eigenvalue weighted by Crippen LogP contribution is 2.43. The lowest BCUT2D eigenvalue weighted by Gasteiger charge is -2.12. The van der Waals surface area contributed by atoms with E-state index in [4.69, 9.17) is 4.98 Å². The highest BCUT2D eigenvalue weighted by atomic mass is 32.2. The number of thiophene rings is 1. The Kier molecular flexibility index (Phi) is 5.94. The fourth-order valence-corrected chi connectivity index (χ4v) is 5.78. The van der Waals surface area contributed by atoms with Crippen molar-refractivity contribution in [2.24, 2.45) is 0 Å². The summed E-state index contributed by atoms with van der Waals surface area (Å²) in [5.41, 5.74) is 6.39. The van der Waals surface area contributed by atoms with Crippen LogP contribution < -0.4 is 5.32 Å². The second kappa shape index (κ2) is 9.05. The number of sulfone groups is 1. The first-order valence-electron chi connectivity index (χ1n) is 11.0. The van der Waals surface area contributed by atoms with Crippen LogP contribution in [0, 0.1) is 6.92 Å². The number of anilines is 1. The smallest absolute Gasteiger partial charge is 0.175 e. The summed E-state index contributed by atoms with van der Waals surface area (Å²) in [7, 11) is -3.31. The largest absolute Gasteiger partial charge is 0.365 e. The number of benzene rings is 3. The molecule has 0 fully saturated rings. The topological polar surface area (TPSA) is 59.1 Å². The van der Waals surface area contributed by atoms with Gasteiger partial charge in [-0.05, 0) is 41.1 Å². The Hall–Kier alpha value is -3.48. The summed E-state index contributed by atoms with van der Waals surface area (Å²) in [5.74, 6) is 0.818. The van der Waals surface area contributed by atoms with E-state index in [0.29, 0.717) is 11.4 Å². The predicted molar refractivity (Wildman–Crippen MR) is 142 cm³/mol. The number of fused-ring (bicyclic) bond motifs is 1. The molecule has 0 radical (unpaired) electrons. The van der Waals surface area contributed by atoms with E-state index in [9.17, 15) is 8.42 Å². The molecule has 6 heteroatoms. The normalized spacial score (nSPS) is 11.6. The van der Waals surface area contributed by atoms with Crippen LogP contribution in [0.2, 0.25) is 0 Å². The number of aryl methyl sites for hydroxylation is 1. The Bertz CT molecular complexity index is 1570. The maximum atomic E-state index is 12.1. The van der Waals surface area contributed by atoms with Gasteiger partial charge in [0, 0.05) is 40.2 Å². The lowest BCUT2D eigenvalue weighted by atomic mass is 10.0. The number of hydrogen-bond donors (Lipinski definition) is 1. The molecule has 2 heterocycles. The van der Waals surface area contributed by atoms with Gasteiger partial charge >= 0.3 is 0 Å². The van der Waals surface area contributed by atoms with Crippen LogP contribution >= 0.6 is 11.3 Å². The third-order valence-electron chi connectivity index (χ3n) is 5.83. The van der Waals surface area contributed by atoms with E-state index < -0.39 is 9.84 Å². The van der Waals surface area contributed by atoms with Gasteiger partial charge in [0.25, 0.3) is 0 Å². The summed E-state index contributed by atoms with van der Waals surface area (Å²) in [6.07, 6.45) is 3.07. The van der Waals surface area contributed by atoms with Crippen molar-refractivity contribution < 1.29 is 8.42 Å². The van der Waals surface area contributed by atoms with Gasteiger partial charge in [-0.2, -0.15) is 0 Å². The maximum absolute atomic E-state index is 12.1. The average molecular weight is 485 g/mol. The van der Waals surface area contributed by atoms with Crippen LogP contribution in [0.3, 0.4) is 0 Å². The molecule has 0 saturated carbocycles.